The molecule has 3 aromatic heterocycles. The number of hydrazine groups is 1. The fraction of sp³-hybridized carbons (Fsp3) is 0.208. The van der Waals surface area contributed by atoms with Gasteiger partial charge in [0.25, 0.3) is 0 Å². The van der Waals surface area contributed by atoms with E-state index >= 15 is 0 Å². The van der Waals surface area contributed by atoms with E-state index in [1.165, 1.54) is 11.6 Å². The number of pyridine rings is 1. The minimum atomic E-state index is -0.769. The molecule has 3 N–H and O–H groups in total. The van der Waals surface area contributed by atoms with Crippen LogP contribution >= 0.6 is 0 Å². The molecule has 0 aliphatic heterocycles. The topological polar surface area (TPSA) is 132 Å². The molecule has 35 heavy (non-hydrogen) atoms. The second-order valence-electron chi connectivity index (χ2n) is 8.73. The highest BCUT2D eigenvalue weighted by atomic mass is 16.6. The number of rotatable bonds is 3. The van der Waals surface area contributed by atoms with E-state index in [1.807, 2.05) is 30.5 Å². The van der Waals surface area contributed by atoms with Crippen LogP contribution in [0.15, 0.2) is 61.1 Å². The van der Waals surface area contributed by atoms with Crippen LogP contribution in [-0.2, 0) is 4.74 Å². The minimum Gasteiger partial charge on any atom is -0.443 e. The van der Waals surface area contributed by atoms with Crippen molar-refractivity contribution in [2.45, 2.75) is 33.3 Å². The summed E-state index contributed by atoms with van der Waals surface area (Å²) in [5.41, 5.74) is 7.93. The normalized spacial score (nSPS) is 11.2. The number of nitrogens with zero attached hydrogens (tertiary/aromatic N) is 4. The van der Waals surface area contributed by atoms with Crippen molar-refractivity contribution in [1.29, 1.82) is 0 Å². The first-order chi connectivity index (χ1) is 16.6. The van der Waals surface area contributed by atoms with Crippen LogP contribution in [0.1, 0.15) is 32.5 Å². The third-order valence-corrected chi connectivity index (χ3v) is 4.78. The van der Waals surface area contributed by atoms with E-state index in [0.29, 0.717) is 22.7 Å². The van der Waals surface area contributed by atoms with Gasteiger partial charge in [-0.05, 0) is 39.0 Å². The number of fused-ring (bicyclic) bond motifs is 1. The summed E-state index contributed by atoms with van der Waals surface area (Å²) in [6, 6.07) is 12.2. The van der Waals surface area contributed by atoms with Gasteiger partial charge in [0.1, 0.15) is 11.2 Å². The molecule has 0 spiro atoms. The zero-order chi connectivity index (χ0) is 25.2. The molecule has 0 aliphatic rings. The Morgan fingerprint density at radius 2 is 1.63 bits per heavy atom. The van der Waals surface area contributed by atoms with E-state index in [4.69, 9.17) is 4.74 Å². The number of carbonyl (C=O) groups is 3. The number of hydrogen-bond donors (Lipinski definition) is 3. The van der Waals surface area contributed by atoms with Crippen LogP contribution in [0.3, 0.4) is 0 Å². The summed E-state index contributed by atoms with van der Waals surface area (Å²) < 4.78 is 8.13. The summed E-state index contributed by atoms with van der Waals surface area (Å²) in [5.74, 6) is -0.174. The van der Waals surface area contributed by atoms with Crippen LogP contribution in [0, 0.1) is 0 Å². The third kappa shape index (κ3) is 5.64. The SMILES string of the molecule is CC(=O)n1ccc(-c2ccccc2-c2cn3cc(NC(=O)NNC(=O)OC(C)(C)C)ccc3n2)n1. The molecule has 11 heteroatoms. The number of amides is 3. The van der Waals surface area contributed by atoms with E-state index in [9.17, 15) is 14.4 Å². The number of urea groups is 1. The molecule has 0 aliphatic carbocycles. The Morgan fingerprint density at radius 1 is 0.914 bits per heavy atom. The lowest BCUT2D eigenvalue weighted by molar-refractivity contribution is 0.0506. The van der Waals surface area contributed by atoms with Gasteiger partial charge >= 0.3 is 12.1 Å². The largest absolute Gasteiger partial charge is 0.443 e. The van der Waals surface area contributed by atoms with Gasteiger partial charge in [-0.25, -0.2) is 30.1 Å². The molecule has 11 nitrogen and oxygen atoms in total. The van der Waals surface area contributed by atoms with Crippen molar-refractivity contribution in [3.63, 3.8) is 0 Å². The molecule has 0 bridgehead atoms. The fourth-order valence-electron chi connectivity index (χ4n) is 3.34. The lowest BCUT2D eigenvalue weighted by atomic mass is 10.0. The smallest absolute Gasteiger partial charge is 0.426 e. The Bertz CT molecular complexity index is 1410. The molecule has 0 atom stereocenters. The van der Waals surface area contributed by atoms with Gasteiger partial charge in [0.2, 0.25) is 5.91 Å². The molecule has 1 aromatic carbocycles. The standard InChI is InChI=1S/C24H25N7O4/c1-15(32)31-12-11-19(29-31)17-7-5-6-8-18(17)20-14-30-13-16(9-10-21(30)26-20)25-22(33)27-28-23(34)35-24(2,3)4/h5-14H,1-4H3,(H,28,34)(H2,25,27,33). The van der Waals surface area contributed by atoms with E-state index in [0.717, 1.165) is 11.1 Å². The zero-order valence-corrected chi connectivity index (χ0v) is 19.7. The average molecular weight is 476 g/mol. The van der Waals surface area contributed by atoms with Crippen LogP contribution < -0.4 is 16.2 Å². The maximum absolute atomic E-state index is 12.1. The second-order valence-corrected chi connectivity index (χ2v) is 8.73. The first kappa shape index (κ1) is 23.5. The summed E-state index contributed by atoms with van der Waals surface area (Å²) in [6.45, 7) is 6.61. The Morgan fingerprint density at radius 3 is 2.29 bits per heavy atom. The number of ether oxygens (including phenoxy) is 1. The third-order valence-electron chi connectivity index (χ3n) is 4.78. The molecule has 4 aromatic rings. The number of benzene rings is 1. The van der Waals surface area contributed by atoms with Crippen LogP contribution in [0.2, 0.25) is 0 Å². The zero-order valence-electron chi connectivity index (χ0n) is 19.7. The number of carbonyl (C=O) groups excluding carboxylic acids is 3. The van der Waals surface area contributed by atoms with Crippen molar-refractivity contribution in [2.75, 3.05) is 5.32 Å². The monoisotopic (exact) mass is 475 g/mol. The maximum Gasteiger partial charge on any atom is 0.426 e. The summed E-state index contributed by atoms with van der Waals surface area (Å²) in [6.07, 6.45) is 4.39. The molecule has 180 valence electrons. The highest BCUT2D eigenvalue weighted by molar-refractivity contribution is 5.90. The molecule has 0 saturated heterocycles. The summed E-state index contributed by atoms with van der Waals surface area (Å²) >= 11 is 0. The number of anilines is 1. The number of imidazole rings is 1. The van der Waals surface area contributed by atoms with Crippen molar-refractivity contribution in [1.82, 2.24) is 30.0 Å². The van der Waals surface area contributed by atoms with Crippen molar-refractivity contribution < 1.29 is 19.1 Å². The van der Waals surface area contributed by atoms with Gasteiger partial charge in [0.05, 0.1) is 17.1 Å². The molecule has 0 unspecified atom stereocenters. The van der Waals surface area contributed by atoms with Crippen LogP contribution in [0.4, 0.5) is 15.3 Å². The van der Waals surface area contributed by atoms with Crippen LogP contribution in [0.25, 0.3) is 28.2 Å². The van der Waals surface area contributed by atoms with Gasteiger partial charge < -0.3 is 14.5 Å². The second kappa shape index (κ2) is 9.29. The highest BCUT2D eigenvalue weighted by Crippen LogP contribution is 2.31. The van der Waals surface area contributed by atoms with Crippen molar-refractivity contribution >= 4 is 29.4 Å². The molecule has 0 radical (unpaired) electrons. The van der Waals surface area contributed by atoms with Crippen LogP contribution in [-0.4, -0.2) is 42.8 Å². The molecule has 3 heterocycles. The van der Waals surface area contributed by atoms with E-state index in [-0.39, 0.29) is 5.91 Å². The summed E-state index contributed by atoms with van der Waals surface area (Å²) in [7, 11) is 0. The Labute approximate surface area is 201 Å². The van der Waals surface area contributed by atoms with E-state index in [2.05, 4.69) is 26.3 Å². The van der Waals surface area contributed by atoms with E-state index < -0.39 is 17.7 Å². The Hall–Kier alpha value is -4.67. The first-order valence-corrected chi connectivity index (χ1v) is 10.8. The molecule has 0 fully saturated rings. The van der Waals surface area contributed by atoms with Crippen molar-refractivity contribution in [2.24, 2.45) is 0 Å². The van der Waals surface area contributed by atoms with Gasteiger partial charge in [0.15, 0.2) is 0 Å². The predicted molar refractivity (Wildman–Crippen MR) is 130 cm³/mol. The van der Waals surface area contributed by atoms with Crippen LogP contribution in [0.5, 0.6) is 0 Å². The lowest BCUT2D eigenvalue weighted by Gasteiger charge is -2.19. The predicted octanol–water partition coefficient (Wildman–Crippen LogP) is 4.09. The Kier molecular flexibility index (Phi) is 6.24. The molecular weight excluding hydrogens is 450 g/mol. The highest BCUT2D eigenvalue weighted by Gasteiger charge is 2.17. The van der Waals surface area contributed by atoms with Gasteiger partial charge in [-0.2, -0.15) is 5.10 Å². The fourth-order valence-corrected chi connectivity index (χ4v) is 3.34. The number of hydrogen-bond acceptors (Lipinski definition) is 6. The van der Waals surface area contributed by atoms with Gasteiger partial charge in [0, 0.05) is 36.6 Å². The quantitative estimate of drug-likeness (QED) is 0.383. The summed E-state index contributed by atoms with van der Waals surface area (Å²) in [5, 5.41) is 6.99. The first-order valence-electron chi connectivity index (χ1n) is 10.8. The Balaban J connectivity index is 1.51. The lowest BCUT2D eigenvalue weighted by Crippen LogP contribution is -2.46. The minimum absolute atomic E-state index is 0.174. The van der Waals surface area contributed by atoms with Crippen molar-refractivity contribution in [3.05, 3.63) is 61.1 Å². The average Bonchev–Trinajstić information content (AvgIpc) is 3.44. The molecule has 3 amide bonds. The maximum atomic E-state index is 12.1. The summed E-state index contributed by atoms with van der Waals surface area (Å²) in [4.78, 5) is 40.1. The number of nitrogens with one attached hydrogen (secondary N) is 3. The molecular formula is C24H25N7O4. The van der Waals surface area contributed by atoms with E-state index in [1.54, 1.807) is 55.8 Å². The van der Waals surface area contributed by atoms with Crippen molar-refractivity contribution in [3.8, 4) is 22.5 Å². The van der Waals surface area contributed by atoms with Gasteiger partial charge in [-0.3, -0.25) is 4.79 Å². The number of aromatic nitrogens is 4. The van der Waals surface area contributed by atoms with Gasteiger partial charge in [-0.15, -0.1) is 0 Å². The molecule has 0 saturated carbocycles. The molecule has 4 rings (SSSR count). The van der Waals surface area contributed by atoms with Gasteiger partial charge in [-0.1, -0.05) is 24.3 Å².